The van der Waals surface area contributed by atoms with Gasteiger partial charge in [-0.25, -0.2) is 0 Å². The summed E-state index contributed by atoms with van der Waals surface area (Å²) in [5.41, 5.74) is 2.43. The van der Waals surface area contributed by atoms with Gasteiger partial charge in [-0.1, -0.05) is 123 Å². The molecule has 0 spiro atoms. The molecule has 8 heteroatoms. The third kappa shape index (κ3) is 11.1. The summed E-state index contributed by atoms with van der Waals surface area (Å²) >= 11 is 0. The fraction of sp³-hybridized carbons (Fsp3) is 0.649. The van der Waals surface area contributed by atoms with Crippen LogP contribution in [0, 0.1) is 0 Å². The molecule has 2 aromatic rings. The molecule has 0 heterocycles. The molecule has 2 rings (SSSR count). The zero-order valence-electron chi connectivity index (χ0n) is 31.3. The van der Waals surface area contributed by atoms with Gasteiger partial charge < -0.3 is 18.1 Å². The monoisotopic (exact) mass is 671 g/mol. The Morgan fingerprint density at radius 1 is 0.622 bits per heavy atom. The average Bonchev–Trinajstić information content (AvgIpc) is 2.90. The summed E-state index contributed by atoms with van der Waals surface area (Å²) < 4.78 is 21.4. The fourth-order valence-corrected chi connectivity index (χ4v) is 7.98. The van der Waals surface area contributed by atoms with E-state index in [1.165, 1.54) is 11.1 Å². The lowest BCUT2D eigenvalue weighted by atomic mass is 10.0. The zero-order valence-corrected chi connectivity index (χ0v) is 34.3. The van der Waals surface area contributed by atoms with Crippen LogP contribution >= 0.6 is 0 Å². The lowest BCUT2D eigenvalue weighted by molar-refractivity contribution is -0.122. The Morgan fingerprint density at radius 3 is 1.36 bits per heavy atom. The molecule has 0 N–H and O–H groups in total. The van der Waals surface area contributed by atoms with Crippen LogP contribution in [-0.4, -0.2) is 61.0 Å². The molecular formula is C37H65NO4Si3. The van der Waals surface area contributed by atoms with E-state index in [-0.39, 0.29) is 21.2 Å². The number of hydrogen-bond donors (Lipinski definition) is 0. The smallest absolute Gasteiger partial charge is 0.193 e. The molecule has 0 amide bonds. The van der Waals surface area contributed by atoms with E-state index in [1.54, 1.807) is 0 Å². The van der Waals surface area contributed by atoms with E-state index in [1.807, 2.05) is 0 Å². The number of carbonyl (C=O) groups is 1. The van der Waals surface area contributed by atoms with Crippen molar-refractivity contribution >= 4 is 31.2 Å². The number of benzene rings is 2. The van der Waals surface area contributed by atoms with Crippen molar-refractivity contribution in [3.8, 4) is 0 Å². The van der Waals surface area contributed by atoms with Crippen molar-refractivity contribution in [1.82, 2.24) is 4.90 Å². The molecule has 0 radical (unpaired) electrons. The first-order valence-electron chi connectivity index (χ1n) is 16.7. The largest absolute Gasteiger partial charge is 0.415 e. The first-order chi connectivity index (χ1) is 20.4. The molecule has 45 heavy (non-hydrogen) atoms. The second-order valence-corrected chi connectivity index (χ2v) is 31.7. The second kappa shape index (κ2) is 15.2. The van der Waals surface area contributed by atoms with Gasteiger partial charge in [-0.3, -0.25) is 4.90 Å². The normalized spacial score (nSPS) is 16.0. The molecular weight excluding hydrogens is 607 g/mol. The van der Waals surface area contributed by atoms with Crippen molar-refractivity contribution in [1.29, 1.82) is 0 Å². The summed E-state index contributed by atoms with van der Waals surface area (Å²) in [5.74, 6) is 0. The number of carbonyl (C=O) groups excluding carboxylic acids is 1. The topological polar surface area (TPSA) is 48.0 Å². The maximum absolute atomic E-state index is 13.3. The Morgan fingerprint density at radius 2 is 1.00 bits per heavy atom. The number of hydrogen-bond acceptors (Lipinski definition) is 5. The Labute approximate surface area is 279 Å². The molecule has 0 saturated heterocycles. The first kappa shape index (κ1) is 39.8. The molecule has 0 saturated carbocycles. The molecule has 0 aliphatic heterocycles. The van der Waals surface area contributed by atoms with Crippen LogP contribution in [0.2, 0.25) is 54.4 Å². The Bertz CT molecular complexity index is 1140. The van der Waals surface area contributed by atoms with E-state index < -0.39 is 37.2 Å². The van der Waals surface area contributed by atoms with E-state index in [0.717, 1.165) is 6.29 Å². The van der Waals surface area contributed by atoms with Crippen molar-refractivity contribution in [2.45, 2.75) is 148 Å². The van der Waals surface area contributed by atoms with E-state index in [4.69, 9.17) is 13.3 Å². The summed E-state index contributed by atoms with van der Waals surface area (Å²) in [6, 6.07) is 21.0. The second-order valence-electron chi connectivity index (χ2n) is 17.3. The fourth-order valence-electron chi connectivity index (χ4n) is 4.42. The standard InChI is InChI=1S/C37H65NO4Si3/c1-35(2,3)43(10,11)40-29-32(38(26-30-22-18-16-19-23-30)27-31-24-20-17-21-25-31)34(42-45(14,15)37(7,8)9)33(28-39)41-44(12,13)36(4,5)6/h16-25,28,32-34H,26-27,29H2,1-15H3/t32-,33+,34-/m0/s1. The van der Waals surface area contributed by atoms with E-state index in [2.05, 4.69) is 167 Å². The Hall–Kier alpha value is -1.40. The predicted molar refractivity (Wildman–Crippen MR) is 199 cm³/mol. The minimum absolute atomic E-state index is 0.0404. The maximum Gasteiger partial charge on any atom is 0.193 e. The van der Waals surface area contributed by atoms with Crippen LogP contribution < -0.4 is 0 Å². The lowest BCUT2D eigenvalue weighted by Gasteiger charge is -2.48. The van der Waals surface area contributed by atoms with Crippen LogP contribution in [-0.2, 0) is 31.2 Å². The van der Waals surface area contributed by atoms with E-state index in [0.29, 0.717) is 19.7 Å². The van der Waals surface area contributed by atoms with Gasteiger partial charge in [0.1, 0.15) is 12.4 Å². The molecule has 2 aromatic carbocycles. The minimum atomic E-state index is -2.37. The van der Waals surface area contributed by atoms with Gasteiger partial charge in [-0.05, 0) is 65.5 Å². The molecule has 0 aromatic heterocycles. The number of aldehydes is 1. The summed E-state index contributed by atoms with van der Waals surface area (Å²) in [4.78, 5) is 15.7. The molecule has 5 nitrogen and oxygen atoms in total. The number of rotatable bonds is 15. The average molecular weight is 672 g/mol. The zero-order chi connectivity index (χ0) is 34.5. The van der Waals surface area contributed by atoms with Crippen molar-refractivity contribution in [2.75, 3.05) is 6.61 Å². The summed E-state index contributed by atoms with van der Waals surface area (Å²) in [7, 11) is -6.86. The quantitative estimate of drug-likeness (QED) is 0.139. The lowest BCUT2D eigenvalue weighted by Crippen LogP contribution is -2.61. The highest BCUT2D eigenvalue weighted by Gasteiger charge is 2.49. The van der Waals surface area contributed by atoms with Gasteiger partial charge in [0, 0.05) is 13.1 Å². The van der Waals surface area contributed by atoms with Crippen LogP contribution in [0.4, 0.5) is 0 Å². The van der Waals surface area contributed by atoms with Crippen LogP contribution in [0.3, 0.4) is 0 Å². The predicted octanol–water partition coefficient (Wildman–Crippen LogP) is 10.1. The van der Waals surface area contributed by atoms with Gasteiger partial charge in [-0.2, -0.15) is 0 Å². The Kier molecular flexibility index (Phi) is 13.5. The van der Waals surface area contributed by atoms with Crippen LogP contribution in [0.25, 0.3) is 0 Å². The third-order valence-corrected chi connectivity index (χ3v) is 24.1. The van der Waals surface area contributed by atoms with Crippen molar-refractivity contribution in [3.63, 3.8) is 0 Å². The molecule has 0 unspecified atom stereocenters. The molecule has 0 bridgehead atoms. The van der Waals surface area contributed by atoms with E-state index >= 15 is 0 Å². The van der Waals surface area contributed by atoms with Crippen LogP contribution in [0.15, 0.2) is 60.7 Å². The van der Waals surface area contributed by atoms with Crippen molar-refractivity contribution in [3.05, 3.63) is 71.8 Å². The van der Waals surface area contributed by atoms with Gasteiger partial charge >= 0.3 is 0 Å². The Balaban J connectivity index is 2.82. The van der Waals surface area contributed by atoms with E-state index in [9.17, 15) is 4.79 Å². The van der Waals surface area contributed by atoms with Crippen LogP contribution in [0.1, 0.15) is 73.4 Å². The van der Waals surface area contributed by atoms with Gasteiger partial charge in [0.25, 0.3) is 0 Å². The third-order valence-electron chi connectivity index (χ3n) is 10.7. The summed E-state index contributed by atoms with van der Waals surface area (Å²) in [6.07, 6.45) is -0.210. The minimum Gasteiger partial charge on any atom is -0.415 e. The van der Waals surface area contributed by atoms with Gasteiger partial charge in [0.15, 0.2) is 25.0 Å². The highest BCUT2D eigenvalue weighted by Crippen LogP contribution is 2.42. The molecule has 0 aliphatic rings. The summed E-state index contributed by atoms with van der Waals surface area (Å²) in [6.45, 7) is 35.7. The number of nitrogens with zero attached hydrogens (tertiary/aromatic N) is 1. The maximum atomic E-state index is 13.3. The first-order valence-corrected chi connectivity index (χ1v) is 25.4. The van der Waals surface area contributed by atoms with Gasteiger partial charge in [0.2, 0.25) is 0 Å². The van der Waals surface area contributed by atoms with Crippen molar-refractivity contribution < 1.29 is 18.1 Å². The molecule has 254 valence electrons. The molecule has 0 fully saturated rings. The van der Waals surface area contributed by atoms with Crippen molar-refractivity contribution in [2.24, 2.45) is 0 Å². The highest BCUT2D eigenvalue weighted by atomic mass is 28.4. The van der Waals surface area contributed by atoms with Gasteiger partial charge in [0.05, 0.1) is 18.8 Å². The molecule has 0 aliphatic carbocycles. The molecule has 3 atom stereocenters. The highest BCUT2D eigenvalue weighted by molar-refractivity contribution is 6.75. The SMILES string of the molecule is CC(C)(C)[Si](C)(C)OC[C@@H]([C@H](O[Si](C)(C)C(C)(C)C)[C@@H](C=O)O[Si](C)(C)C(C)(C)C)N(Cc1ccccc1)Cc1ccccc1. The summed E-state index contributed by atoms with van der Waals surface area (Å²) in [5, 5.41) is -0.0698. The van der Waals surface area contributed by atoms with Crippen LogP contribution in [0.5, 0.6) is 0 Å². The van der Waals surface area contributed by atoms with Gasteiger partial charge in [-0.15, -0.1) is 0 Å².